The number of likely N-dealkylation sites (tertiary alicyclic amines) is 1. The SMILES string of the molecule is NC(=O)c1ccc(OCCCN2C[C@@H]3COC(=O)[C@@H]3C2)cc1. The summed E-state index contributed by atoms with van der Waals surface area (Å²) in [7, 11) is 0. The lowest BCUT2D eigenvalue weighted by Gasteiger charge is -2.16. The number of primary amides is 1. The number of amides is 1. The number of nitrogens with two attached hydrogens (primary N) is 1. The Morgan fingerprint density at radius 1 is 1.32 bits per heavy atom. The van der Waals surface area contributed by atoms with E-state index in [0.717, 1.165) is 31.8 Å². The van der Waals surface area contributed by atoms with Crippen LogP contribution in [0.25, 0.3) is 0 Å². The number of hydrogen-bond donors (Lipinski definition) is 1. The summed E-state index contributed by atoms with van der Waals surface area (Å²) >= 11 is 0. The number of ether oxygens (including phenoxy) is 2. The van der Waals surface area contributed by atoms with Crippen molar-refractivity contribution < 1.29 is 19.1 Å². The molecule has 2 aliphatic rings. The second-order valence-electron chi connectivity index (χ2n) is 5.85. The molecule has 2 N–H and O–H groups in total. The molecule has 0 aromatic heterocycles. The molecular weight excluding hydrogens is 284 g/mol. The zero-order valence-corrected chi connectivity index (χ0v) is 12.4. The first-order valence-corrected chi connectivity index (χ1v) is 7.55. The lowest BCUT2D eigenvalue weighted by Crippen LogP contribution is -2.26. The molecule has 0 unspecified atom stereocenters. The van der Waals surface area contributed by atoms with E-state index < -0.39 is 5.91 Å². The Morgan fingerprint density at radius 3 is 2.77 bits per heavy atom. The van der Waals surface area contributed by atoms with Gasteiger partial charge >= 0.3 is 5.97 Å². The number of rotatable bonds is 6. The third-order valence-corrected chi connectivity index (χ3v) is 4.29. The second kappa shape index (κ2) is 6.36. The van der Waals surface area contributed by atoms with Crippen molar-refractivity contribution in [3.05, 3.63) is 29.8 Å². The summed E-state index contributed by atoms with van der Waals surface area (Å²) in [6.07, 6.45) is 0.895. The number of cyclic esters (lactones) is 1. The summed E-state index contributed by atoms with van der Waals surface area (Å²) in [6, 6.07) is 6.81. The molecule has 0 spiro atoms. The van der Waals surface area contributed by atoms with Crippen molar-refractivity contribution in [1.82, 2.24) is 4.90 Å². The Hall–Kier alpha value is -2.08. The highest BCUT2D eigenvalue weighted by atomic mass is 16.5. The highest BCUT2D eigenvalue weighted by Crippen LogP contribution is 2.30. The minimum Gasteiger partial charge on any atom is -0.494 e. The standard InChI is InChI=1S/C16H20N2O4/c17-15(19)11-2-4-13(5-3-11)21-7-1-6-18-8-12-10-22-16(20)14(12)9-18/h2-5,12,14H,1,6-10H2,(H2,17,19)/t12-,14-/m1/s1. The fraction of sp³-hybridized carbons (Fsp3) is 0.500. The molecule has 3 rings (SSSR count). The molecule has 22 heavy (non-hydrogen) atoms. The third-order valence-electron chi connectivity index (χ3n) is 4.29. The van der Waals surface area contributed by atoms with Crippen LogP contribution in [0.15, 0.2) is 24.3 Å². The van der Waals surface area contributed by atoms with Gasteiger partial charge in [0.2, 0.25) is 5.91 Å². The Balaban J connectivity index is 1.37. The van der Waals surface area contributed by atoms with Crippen LogP contribution in [-0.2, 0) is 9.53 Å². The van der Waals surface area contributed by atoms with Crippen LogP contribution in [-0.4, -0.2) is 49.6 Å². The third kappa shape index (κ3) is 3.22. The number of fused-ring (bicyclic) bond motifs is 1. The molecule has 1 aromatic rings. The lowest BCUT2D eigenvalue weighted by molar-refractivity contribution is -0.141. The Morgan fingerprint density at radius 2 is 2.09 bits per heavy atom. The Bertz CT molecular complexity index is 558. The predicted octanol–water partition coefficient (Wildman–Crippen LogP) is 0.659. The van der Waals surface area contributed by atoms with E-state index in [2.05, 4.69) is 4.90 Å². The molecule has 0 aliphatic carbocycles. The first-order chi connectivity index (χ1) is 10.6. The van der Waals surface area contributed by atoms with E-state index in [1.807, 2.05) is 0 Å². The topological polar surface area (TPSA) is 81.9 Å². The average molecular weight is 304 g/mol. The zero-order chi connectivity index (χ0) is 15.5. The van der Waals surface area contributed by atoms with Crippen LogP contribution in [0.2, 0.25) is 0 Å². The van der Waals surface area contributed by atoms with Gasteiger partial charge in [-0.1, -0.05) is 0 Å². The largest absolute Gasteiger partial charge is 0.494 e. The van der Waals surface area contributed by atoms with Gasteiger partial charge in [0, 0.05) is 31.1 Å². The van der Waals surface area contributed by atoms with Gasteiger partial charge in [-0.25, -0.2) is 0 Å². The first-order valence-electron chi connectivity index (χ1n) is 7.55. The van der Waals surface area contributed by atoms with Gasteiger partial charge < -0.3 is 20.1 Å². The predicted molar refractivity (Wildman–Crippen MR) is 79.5 cm³/mol. The van der Waals surface area contributed by atoms with Crippen LogP contribution in [0.1, 0.15) is 16.8 Å². The van der Waals surface area contributed by atoms with Gasteiger partial charge in [0.15, 0.2) is 0 Å². The number of benzene rings is 1. The minimum absolute atomic E-state index is 0.0432. The molecule has 1 amide bonds. The van der Waals surface area contributed by atoms with Gasteiger partial charge in [-0.05, 0) is 30.7 Å². The van der Waals surface area contributed by atoms with Crippen molar-refractivity contribution in [2.24, 2.45) is 17.6 Å². The maximum Gasteiger partial charge on any atom is 0.310 e. The van der Waals surface area contributed by atoms with Gasteiger partial charge in [-0.3, -0.25) is 9.59 Å². The van der Waals surface area contributed by atoms with Crippen molar-refractivity contribution in [2.45, 2.75) is 6.42 Å². The monoisotopic (exact) mass is 304 g/mol. The molecule has 0 bridgehead atoms. The smallest absolute Gasteiger partial charge is 0.310 e. The number of carbonyl (C=O) groups is 2. The summed E-state index contributed by atoms with van der Waals surface area (Å²) in [4.78, 5) is 24.8. The molecular formula is C16H20N2O4. The van der Waals surface area contributed by atoms with Crippen molar-refractivity contribution >= 4 is 11.9 Å². The fourth-order valence-corrected chi connectivity index (χ4v) is 3.07. The molecule has 2 aliphatic heterocycles. The van der Waals surface area contributed by atoms with E-state index in [9.17, 15) is 9.59 Å². The summed E-state index contributed by atoms with van der Waals surface area (Å²) in [5.74, 6) is 0.687. The van der Waals surface area contributed by atoms with Crippen LogP contribution in [0.3, 0.4) is 0 Å². The van der Waals surface area contributed by atoms with Gasteiger partial charge in [-0.15, -0.1) is 0 Å². The highest BCUT2D eigenvalue weighted by Gasteiger charge is 2.43. The van der Waals surface area contributed by atoms with Gasteiger partial charge in [-0.2, -0.15) is 0 Å². The minimum atomic E-state index is -0.440. The van der Waals surface area contributed by atoms with Crippen LogP contribution in [0, 0.1) is 11.8 Å². The first kappa shape index (κ1) is 14.8. The highest BCUT2D eigenvalue weighted by molar-refractivity contribution is 5.92. The number of nitrogens with zero attached hydrogens (tertiary/aromatic N) is 1. The van der Waals surface area contributed by atoms with Crippen molar-refractivity contribution in [2.75, 3.05) is 32.8 Å². The summed E-state index contributed by atoms with van der Waals surface area (Å²) in [6.45, 7) is 3.83. The van der Waals surface area contributed by atoms with Crippen molar-refractivity contribution in [3.8, 4) is 5.75 Å². The van der Waals surface area contributed by atoms with E-state index >= 15 is 0 Å². The van der Waals surface area contributed by atoms with Gasteiger partial charge in [0.05, 0.1) is 19.1 Å². The van der Waals surface area contributed by atoms with Gasteiger partial charge in [0.1, 0.15) is 5.75 Å². The van der Waals surface area contributed by atoms with Crippen molar-refractivity contribution in [3.63, 3.8) is 0 Å². The molecule has 0 saturated carbocycles. The van der Waals surface area contributed by atoms with Crippen LogP contribution < -0.4 is 10.5 Å². The summed E-state index contributed by atoms with van der Waals surface area (Å²) in [5.41, 5.74) is 5.66. The van der Waals surface area contributed by atoms with Crippen LogP contribution in [0.4, 0.5) is 0 Å². The molecule has 6 heteroatoms. The van der Waals surface area contributed by atoms with Crippen LogP contribution in [0.5, 0.6) is 5.75 Å². The Kier molecular flexibility index (Phi) is 4.29. The quantitative estimate of drug-likeness (QED) is 0.617. The molecule has 6 nitrogen and oxygen atoms in total. The normalized spacial score (nSPS) is 24.1. The zero-order valence-electron chi connectivity index (χ0n) is 12.4. The number of carbonyl (C=O) groups excluding carboxylic acids is 2. The van der Waals surface area contributed by atoms with Crippen molar-refractivity contribution in [1.29, 1.82) is 0 Å². The van der Waals surface area contributed by atoms with E-state index in [-0.39, 0.29) is 11.9 Å². The second-order valence-corrected chi connectivity index (χ2v) is 5.85. The summed E-state index contributed by atoms with van der Waals surface area (Å²) in [5, 5.41) is 0. The van der Waals surface area contributed by atoms with E-state index in [1.54, 1.807) is 24.3 Å². The Labute approximate surface area is 129 Å². The van der Waals surface area contributed by atoms with Crippen LogP contribution >= 0.6 is 0 Å². The van der Waals surface area contributed by atoms with E-state index in [4.69, 9.17) is 15.2 Å². The molecule has 2 heterocycles. The molecule has 2 fully saturated rings. The van der Waals surface area contributed by atoms with E-state index in [1.165, 1.54) is 0 Å². The summed E-state index contributed by atoms with van der Waals surface area (Å²) < 4.78 is 10.7. The fourth-order valence-electron chi connectivity index (χ4n) is 3.07. The maximum atomic E-state index is 11.5. The van der Waals surface area contributed by atoms with E-state index in [0.29, 0.717) is 24.7 Å². The maximum absolute atomic E-state index is 11.5. The van der Waals surface area contributed by atoms with Gasteiger partial charge in [0.25, 0.3) is 0 Å². The molecule has 0 radical (unpaired) electrons. The number of hydrogen-bond acceptors (Lipinski definition) is 5. The molecule has 2 atom stereocenters. The lowest BCUT2D eigenvalue weighted by atomic mass is 10.0. The number of esters is 1. The molecule has 1 aromatic carbocycles. The molecule has 2 saturated heterocycles. The average Bonchev–Trinajstić information content (AvgIpc) is 3.06. The molecule has 118 valence electrons.